The van der Waals surface area contributed by atoms with E-state index < -0.39 is 0 Å². The first kappa shape index (κ1) is 14.8. The summed E-state index contributed by atoms with van der Waals surface area (Å²) in [5.41, 5.74) is 6.24. The van der Waals surface area contributed by atoms with Crippen molar-refractivity contribution in [3.63, 3.8) is 0 Å². The second kappa shape index (κ2) is 7.24. The SMILES string of the molecule is BrCC=C(c1ccccc1)c1ccc(-c2ccccc2)cc1. The molecule has 22 heavy (non-hydrogen) atoms. The van der Waals surface area contributed by atoms with E-state index in [0.29, 0.717) is 0 Å². The number of hydrogen-bond acceptors (Lipinski definition) is 0. The monoisotopic (exact) mass is 348 g/mol. The molecular weight excluding hydrogens is 332 g/mol. The van der Waals surface area contributed by atoms with Crippen LogP contribution in [0.4, 0.5) is 0 Å². The highest BCUT2D eigenvalue weighted by Gasteiger charge is 2.05. The van der Waals surface area contributed by atoms with Crippen LogP contribution in [0.5, 0.6) is 0 Å². The Morgan fingerprint density at radius 1 is 0.636 bits per heavy atom. The van der Waals surface area contributed by atoms with E-state index in [2.05, 4.69) is 94.8 Å². The normalized spacial score (nSPS) is 11.4. The summed E-state index contributed by atoms with van der Waals surface area (Å²) in [7, 11) is 0. The first-order chi connectivity index (χ1) is 10.9. The molecule has 0 spiro atoms. The van der Waals surface area contributed by atoms with Crippen molar-refractivity contribution in [3.8, 4) is 11.1 Å². The Bertz CT molecular complexity index is 741. The van der Waals surface area contributed by atoms with Gasteiger partial charge in [0, 0.05) is 5.33 Å². The lowest BCUT2D eigenvalue weighted by molar-refractivity contribution is 1.52. The van der Waals surface area contributed by atoms with E-state index in [1.807, 2.05) is 12.1 Å². The van der Waals surface area contributed by atoms with Crippen molar-refractivity contribution in [2.75, 3.05) is 5.33 Å². The van der Waals surface area contributed by atoms with Gasteiger partial charge in [0.15, 0.2) is 0 Å². The largest absolute Gasteiger partial charge is 0.0883 e. The van der Waals surface area contributed by atoms with Crippen LogP contribution in [0.2, 0.25) is 0 Å². The van der Waals surface area contributed by atoms with Crippen LogP contribution in [-0.2, 0) is 0 Å². The Balaban J connectivity index is 1.96. The van der Waals surface area contributed by atoms with Crippen LogP contribution < -0.4 is 0 Å². The van der Waals surface area contributed by atoms with Gasteiger partial charge in [-0.25, -0.2) is 0 Å². The molecule has 0 aliphatic carbocycles. The molecule has 0 saturated heterocycles. The van der Waals surface area contributed by atoms with Gasteiger partial charge >= 0.3 is 0 Å². The first-order valence-electron chi connectivity index (χ1n) is 7.36. The third-order valence-electron chi connectivity index (χ3n) is 3.67. The molecule has 3 aromatic rings. The van der Waals surface area contributed by atoms with Gasteiger partial charge in [0.2, 0.25) is 0 Å². The molecule has 0 nitrogen and oxygen atoms in total. The number of allylic oxidation sites excluding steroid dienone is 1. The van der Waals surface area contributed by atoms with E-state index >= 15 is 0 Å². The summed E-state index contributed by atoms with van der Waals surface area (Å²) >= 11 is 3.52. The van der Waals surface area contributed by atoms with Gasteiger partial charge in [0.1, 0.15) is 0 Å². The Morgan fingerprint density at radius 2 is 1.14 bits per heavy atom. The fraction of sp³-hybridized carbons (Fsp3) is 0.0476. The first-order valence-corrected chi connectivity index (χ1v) is 8.48. The van der Waals surface area contributed by atoms with E-state index in [4.69, 9.17) is 0 Å². The quantitative estimate of drug-likeness (QED) is 0.493. The highest BCUT2D eigenvalue weighted by molar-refractivity contribution is 9.09. The van der Waals surface area contributed by atoms with Crippen LogP contribution in [0.25, 0.3) is 16.7 Å². The van der Waals surface area contributed by atoms with Crippen molar-refractivity contribution < 1.29 is 0 Å². The molecule has 0 atom stereocenters. The molecule has 0 radical (unpaired) electrons. The lowest BCUT2D eigenvalue weighted by Crippen LogP contribution is -1.89. The zero-order valence-electron chi connectivity index (χ0n) is 12.2. The molecule has 3 aromatic carbocycles. The van der Waals surface area contributed by atoms with Gasteiger partial charge in [0.05, 0.1) is 0 Å². The van der Waals surface area contributed by atoms with Crippen molar-refractivity contribution in [2.24, 2.45) is 0 Å². The summed E-state index contributed by atoms with van der Waals surface area (Å²) in [6.07, 6.45) is 2.22. The highest BCUT2D eigenvalue weighted by atomic mass is 79.9. The Hall–Kier alpha value is -2.12. The standard InChI is InChI=1S/C21H17Br/c22-16-15-21(19-9-5-2-6-10-19)20-13-11-18(12-14-20)17-7-3-1-4-8-17/h1-15H,16H2. The van der Waals surface area contributed by atoms with Crippen LogP contribution in [0.15, 0.2) is 91.0 Å². The molecule has 108 valence electrons. The van der Waals surface area contributed by atoms with E-state index in [-0.39, 0.29) is 0 Å². The lowest BCUT2D eigenvalue weighted by atomic mass is 9.95. The molecule has 0 heterocycles. The molecule has 0 bridgehead atoms. The summed E-state index contributed by atoms with van der Waals surface area (Å²) in [4.78, 5) is 0. The van der Waals surface area contributed by atoms with Crippen molar-refractivity contribution in [1.82, 2.24) is 0 Å². The smallest absolute Gasteiger partial charge is 0.0221 e. The molecule has 0 amide bonds. The van der Waals surface area contributed by atoms with E-state index in [1.165, 1.54) is 27.8 Å². The van der Waals surface area contributed by atoms with E-state index in [1.54, 1.807) is 0 Å². The van der Waals surface area contributed by atoms with Gasteiger partial charge in [0.25, 0.3) is 0 Å². The molecule has 0 aromatic heterocycles. The predicted molar refractivity (Wildman–Crippen MR) is 99.2 cm³/mol. The van der Waals surface area contributed by atoms with Gasteiger partial charge in [-0.1, -0.05) is 107 Å². The molecule has 0 aliphatic heterocycles. The van der Waals surface area contributed by atoms with Crippen molar-refractivity contribution in [2.45, 2.75) is 0 Å². The summed E-state index contributed by atoms with van der Waals surface area (Å²) in [6, 6.07) is 29.8. The van der Waals surface area contributed by atoms with Crippen LogP contribution >= 0.6 is 15.9 Å². The minimum absolute atomic E-state index is 0.845. The number of alkyl halides is 1. The van der Waals surface area contributed by atoms with Crippen LogP contribution in [-0.4, -0.2) is 5.33 Å². The second-order valence-electron chi connectivity index (χ2n) is 5.08. The minimum atomic E-state index is 0.845. The summed E-state index contributed by atoms with van der Waals surface area (Å²) in [5.74, 6) is 0. The minimum Gasteiger partial charge on any atom is -0.0883 e. The van der Waals surface area contributed by atoms with Crippen molar-refractivity contribution in [3.05, 3.63) is 102 Å². The van der Waals surface area contributed by atoms with Crippen molar-refractivity contribution in [1.29, 1.82) is 0 Å². The molecule has 0 unspecified atom stereocenters. The highest BCUT2D eigenvalue weighted by Crippen LogP contribution is 2.26. The maximum Gasteiger partial charge on any atom is 0.0221 e. The molecule has 0 N–H and O–H groups in total. The zero-order valence-corrected chi connectivity index (χ0v) is 13.8. The number of rotatable bonds is 4. The van der Waals surface area contributed by atoms with Crippen LogP contribution in [0.1, 0.15) is 11.1 Å². The van der Waals surface area contributed by atoms with E-state index in [0.717, 1.165) is 5.33 Å². The van der Waals surface area contributed by atoms with Crippen LogP contribution in [0, 0.1) is 0 Å². The van der Waals surface area contributed by atoms with Gasteiger partial charge < -0.3 is 0 Å². The number of benzene rings is 3. The van der Waals surface area contributed by atoms with E-state index in [9.17, 15) is 0 Å². The van der Waals surface area contributed by atoms with Crippen LogP contribution in [0.3, 0.4) is 0 Å². The Labute approximate surface area is 140 Å². The third-order valence-corrected chi connectivity index (χ3v) is 3.99. The molecule has 0 aliphatic rings. The second-order valence-corrected chi connectivity index (χ2v) is 5.73. The molecule has 3 rings (SSSR count). The maximum atomic E-state index is 3.52. The summed E-state index contributed by atoms with van der Waals surface area (Å²) < 4.78 is 0. The average Bonchev–Trinajstić information content (AvgIpc) is 2.61. The molecule has 0 fully saturated rings. The summed E-state index contributed by atoms with van der Waals surface area (Å²) in [5, 5.41) is 0.845. The Morgan fingerprint density at radius 3 is 1.73 bits per heavy atom. The fourth-order valence-corrected chi connectivity index (χ4v) is 2.89. The summed E-state index contributed by atoms with van der Waals surface area (Å²) in [6.45, 7) is 0. The molecule has 0 saturated carbocycles. The van der Waals surface area contributed by atoms with Gasteiger partial charge in [-0.2, -0.15) is 0 Å². The predicted octanol–water partition coefficient (Wildman–Crippen LogP) is 6.18. The molecular formula is C21H17Br. The van der Waals surface area contributed by atoms with Gasteiger partial charge in [-0.05, 0) is 27.8 Å². The zero-order chi connectivity index (χ0) is 15.2. The lowest BCUT2D eigenvalue weighted by Gasteiger charge is -2.09. The average molecular weight is 349 g/mol. The van der Waals surface area contributed by atoms with Gasteiger partial charge in [-0.3, -0.25) is 0 Å². The van der Waals surface area contributed by atoms with Crippen molar-refractivity contribution >= 4 is 21.5 Å². The van der Waals surface area contributed by atoms with Gasteiger partial charge in [-0.15, -0.1) is 0 Å². The number of hydrogen-bond donors (Lipinski definition) is 0. The third kappa shape index (κ3) is 3.37. The molecule has 1 heteroatoms. The number of halogens is 1. The maximum absolute atomic E-state index is 3.52. The Kier molecular flexibility index (Phi) is 4.87. The topological polar surface area (TPSA) is 0 Å². The fourth-order valence-electron chi connectivity index (χ4n) is 2.57.